The Morgan fingerprint density at radius 1 is 1.30 bits per heavy atom. The van der Waals surface area contributed by atoms with Crippen molar-refractivity contribution in [1.29, 1.82) is 0 Å². The van der Waals surface area contributed by atoms with Crippen LogP contribution in [0.4, 0.5) is 10.1 Å². The Morgan fingerprint density at radius 3 is 2.80 bits per heavy atom. The number of rotatable bonds is 4. The van der Waals surface area contributed by atoms with Crippen molar-refractivity contribution in [2.75, 3.05) is 11.9 Å². The molecule has 5 heteroatoms. The Hall–Kier alpha value is -2.56. The highest BCUT2D eigenvalue weighted by molar-refractivity contribution is 5.93. The van der Waals surface area contributed by atoms with Crippen molar-refractivity contribution in [1.82, 2.24) is 0 Å². The molecule has 0 unspecified atom stereocenters. The number of amides is 1. The quantitative estimate of drug-likeness (QED) is 0.843. The van der Waals surface area contributed by atoms with Crippen LogP contribution in [0.5, 0.6) is 11.5 Å². The van der Waals surface area contributed by atoms with Gasteiger partial charge in [-0.2, -0.15) is 0 Å². The number of para-hydroxylation sites is 1. The predicted octanol–water partition coefficient (Wildman–Crippen LogP) is 2.86. The molecule has 0 saturated heterocycles. The molecule has 1 amide bonds. The average Bonchev–Trinajstić information content (AvgIpc) is 2.42. The number of hydrogen-bond donors (Lipinski definition) is 2. The molecule has 0 aromatic heterocycles. The van der Waals surface area contributed by atoms with E-state index in [1.165, 1.54) is 24.3 Å². The molecule has 2 aromatic carbocycles. The second-order valence-corrected chi connectivity index (χ2v) is 4.29. The average molecular weight is 275 g/mol. The lowest BCUT2D eigenvalue weighted by atomic mass is 10.2. The van der Waals surface area contributed by atoms with Crippen LogP contribution in [0.15, 0.2) is 42.5 Å². The van der Waals surface area contributed by atoms with Crippen LogP contribution in [0.3, 0.4) is 0 Å². The van der Waals surface area contributed by atoms with Crippen LogP contribution in [0.25, 0.3) is 0 Å². The molecule has 2 N–H and O–H groups in total. The van der Waals surface area contributed by atoms with E-state index >= 15 is 0 Å². The number of anilines is 1. The standard InChI is InChI=1S/C15H14FNO3/c1-10-6-7-13(18)12(8-10)17-15(19)9-20-14-5-3-2-4-11(14)16/h2-8,18H,9H2,1H3,(H,17,19). The molecule has 0 atom stereocenters. The lowest BCUT2D eigenvalue weighted by Crippen LogP contribution is -2.20. The van der Waals surface area contributed by atoms with Crippen molar-refractivity contribution in [3.05, 3.63) is 53.8 Å². The predicted molar refractivity (Wildman–Crippen MR) is 73.4 cm³/mol. The number of carbonyl (C=O) groups excluding carboxylic acids is 1. The molecule has 0 heterocycles. The number of nitrogens with one attached hydrogen (secondary N) is 1. The highest BCUT2D eigenvalue weighted by atomic mass is 19.1. The van der Waals surface area contributed by atoms with E-state index in [4.69, 9.17) is 4.74 Å². The Balaban J connectivity index is 1.96. The van der Waals surface area contributed by atoms with Crippen LogP contribution in [-0.4, -0.2) is 17.6 Å². The van der Waals surface area contributed by atoms with Gasteiger partial charge in [0.1, 0.15) is 5.75 Å². The maximum Gasteiger partial charge on any atom is 0.262 e. The van der Waals surface area contributed by atoms with E-state index in [9.17, 15) is 14.3 Å². The SMILES string of the molecule is Cc1ccc(O)c(NC(=O)COc2ccccc2F)c1. The molecule has 0 aliphatic heterocycles. The minimum Gasteiger partial charge on any atom is -0.506 e. The number of halogens is 1. The Labute approximate surface area is 115 Å². The second-order valence-electron chi connectivity index (χ2n) is 4.29. The van der Waals surface area contributed by atoms with Gasteiger partial charge in [0.25, 0.3) is 5.91 Å². The van der Waals surface area contributed by atoms with Crippen molar-refractivity contribution in [3.63, 3.8) is 0 Å². The summed E-state index contributed by atoms with van der Waals surface area (Å²) in [5, 5.41) is 12.1. The van der Waals surface area contributed by atoms with Crippen LogP contribution >= 0.6 is 0 Å². The maximum atomic E-state index is 13.3. The zero-order valence-corrected chi connectivity index (χ0v) is 10.9. The molecule has 20 heavy (non-hydrogen) atoms. The van der Waals surface area contributed by atoms with Gasteiger partial charge in [-0.1, -0.05) is 18.2 Å². The fourth-order valence-corrected chi connectivity index (χ4v) is 1.64. The third-order valence-electron chi connectivity index (χ3n) is 2.62. The van der Waals surface area contributed by atoms with Crippen molar-refractivity contribution in [2.45, 2.75) is 6.92 Å². The molecule has 0 saturated carbocycles. The summed E-state index contributed by atoms with van der Waals surface area (Å²) in [6.45, 7) is 1.50. The molecular formula is C15H14FNO3. The van der Waals surface area contributed by atoms with Gasteiger partial charge in [0, 0.05) is 0 Å². The summed E-state index contributed by atoms with van der Waals surface area (Å²) in [4.78, 5) is 11.7. The van der Waals surface area contributed by atoms with Gasteiger partial charge >= 0.3 is 0 Å². The normalized spacial score (nSPS) is 10.1. The van der Waals surface area contributed by atoms with Gasteiger partial charge in [0.2, 0.25) is 0 Å². The van der Waals surface area contributed by atoms with Gasteiger partial charge in [-0.25, -0.2) is 4.39 Å². The number of aryl methyl sites for hydroxylation is 1. The molecule has 0 bridgehead atoms. The molecule has 0 aliphatic rings. The summed E-state index contributed by atoms with van der Waals surface area (Å²) in [7, 11) is 0. The van der Waals surface area contributed by atoms with E-state index in [0.29, 0.717) is 5.69 Å². The van der Waals surface area contributed by atoms with Gasteiger partial charge in [0.05, 0.1) is 5.69 Å². The van der Waals surface area contributed by atoms with E-state index in [1.807, 2.05) is 6.92 Å². The van der Waals surface area contributed by atoms with Gasteiger partial charge in [-0.05, 0) is 36.8 Å². The summed E-state index contributed by atoms with van der Waals surface area (Å²) < 4.78 is 18.4. The van der Waals surface area contributed by atoms with Crippen molar-refractivity contribution in [2.24, 2.45) is 0 Å². The molecule has 2 rings (SSSR count). The molecule has 0 aliphatic carbocycles. The number of hydrogen-bond acceptors (Lipinski definition) is 3. The molecule has 0 spiro atoms. The van der Waals surface area contributed by atoms with Crippen molar-refractivity contribution < 1.29 is 19.0 Å². The maximum absolute atomic E-state index is 13.3. The minimum absolute atomic E-state index is 0.0103. The highest BCUT2D eigenvalue weighted by Crippen LogP contribution is 2.23. The number of ether oxygens (including phenoxy) is 1. The first-order valence-electron chi connectivity index (χ1n) is 6.03. The van der Waals surface area contributed by atoms with Gasteiger partial charge in [0.15, 0.2) is 18.2 Å². The number of carbonyl (C=O) groups is 1. The number of benzene rings is 2. The van der Waals surface area contributed by atoms with Crippen LogP contribution in [0.1, 0.15) is 5.56 Å². The lowest BCUT2D eigenvalue weighted by molar-refractivity contribution is -0.118. The molecule has 0 radical (unpaired) electrons. The number of phenolic OH excluding ortho intramolecular Hbond substituents is 1. The molecular weight excluding hydrogens is 261 g/mol. The summed E-state index contributed by atoms with van der Waals surface area (Å²) in [5.41, 5.74) is 1.19. The van der Waals surface area contributed by atoms with Crippen LogP contribution in [-0.2, 0) is 4.79 Å². The lowest BCUT2D eigenvalue weighted by Gasteiger charge is -2.09. The van der Waals surface area contributed by atoms with Crippen LogP contribution in [0, 0.1) is 12.7 Å². The topological polar surface area (TPSA) is 58.6 Å². The molecule has 4 nitrogen and oxygen atoms in total. The van der Waals surface area contributed by atoms with E-state index in [2.05, 4.69) is 5.32 Å². The van der Waals surface area contributed by atoms with Crippen LogP contribution in [0.2, 0.25) is 0 Å². The van der Waals surface area contributed by atoms with Crippen LogP contribution < -0.4 is 10.1 Å². The zero-order valence-electron chi connectivity index (χ0n) is 10.9. The zero-order chi connectivity index (χ0) is 14.5. The van der Waals surface area contributed by atoms with E-state index in [-0.39, 0.29) is 18.1 Å². The third kappa shape index (κ3) is 3.47. The third-order valence-corrected chi connectivity index (χ3v) is 2.62. The van der Waals surface area contributed by atoms with Gasteiger partial charge in [-0.3, -0.25) is 4.79 Å². The summed E-state index contributed by atoms with van der Waals surface area (Å²) in [6.07, 6.45) is 0. The summed E-state index contributed by atoms with van der Waals surface area (Å²) >= 11 is 0. The summed E-state index contributed by atoms with van der Waals surface area (Å²) in [6, 6.07) is 10.7. The molecule has 0 fully saturated rings. The second kappa shape index (κ2) is 6.06. The fraction of sp³-hybridized carbons (Fsp3) is 0.133. The highest BCUT2D eigenvalue weighted by Gasteiger charge is 2.09. The Kier molecular flexibility index (Phi) is 4.20. The first-order valence-corrected chi connectivity index (χ1v) is 6.03. The Bertz CT molecular complexity index is 628. The van der Waals surface area contributed by atoms with Gasteiger partial charge in [-0.15, -0.1) is 0 Å². The number of aromatic hydroxyl groups is 1. The van der Waals surface area contributed by atoms with Crippen molar-refractivity contribution in [3.8, 4) is 11.5 Å². The Morgan fingerprint density at radius 2 is 2.05 bits per heavy atom. The monoisotopic (exact) mass is 275 g/mol. The summed E-state index contributed by atoms with van der Waals surface area (Å²) in [5.74, 6) is -1.03. The van der Waals surface area contributed by atoms with E-state index in [0.717, 1.165) is 5.56 Å². The van der Waals surface area contributed by atoms with E-state index in [1.54, 1.807) is 18.2 Å². The van der Waals surface area contributed by atoms with Gasteiger partial charge < -0.3 is 15.2 Å². The first-order chi connectivity index (χ1) is 9.56. The van der Waals surface area contributed by atoms with Crippen molar-refractivity contribution >= 4 is 11.6 Å². The minimum atomic E-state index is -0.529. The first kappa shape index (κ1) is 13.9. The molecule has 104 valence electrons. The largest absolute Gasteiger partial charge is 0.506 e. The smallest absolute Gasteiger partial charge is 0.262 e. The van der Waals surface area contributed by atoms with E-state index < -0.39 is 11.7 Å². The number of phenols is 1. The fourth-order valence-electron chi connectivity index (χ4n) is 1.64. The molecule has 2 aromatic rings.